The van der Waals surface area contributed by atoms with E-state index in [9.17, 15) is 5.11 Å². The van der Waals surface area contributed by atoms with Crippen LogP contribution in [0, 0.1) is 19.8 Å². The molecule has 1 fully saturated rings. The van der Waals surface area contributed by atoms with Crippen molar-refractivity contribution in [2.45, 2.75) is 38.8 Å². The van der Waals surface area contributed by atoms with Crippen LogP contribution < -0.4 is 5.32 Å². The molecule has 0 radical (unpaired) electrons. The fourth-order valence-electron chi connectivity index (χ4n) is 3.56. The van der Waals surface area contributed by atoms with Gasteiger partial charge in [-0.25, -0.2) is 9.97 Å². The van der Waals surface area contributed by atoms with Gasteiger partial charge in [0.05, 0.1) is 17.7 Å². The van der Waals surface area contributed by atoms with E-state index in [0.717, 1.165) is 40.7 Å². The van der Waals surface area contributed by atoms with E-state index in [2.05, 4.69) is 32.4 Å². The normalized spacial score (nSPS) is 20.9. The second-order valence-corrected chi connectivity index (χ2v) is 6.94. The smallest absolute Gasteiger partial charge is 0.223 e. The van der Waals surface area contributed by atoms with Crippen molar-refractivity contribution in [2.24, 2.45) is 5.92 Å². The number of benzene rings is 1. The highest BCUT2D eigenvalue weighted by atomic mass is 16.3. The number of aliphatic hydroxyl groups is 1. The first kappa shape index (κ1) is 16.0. The van der Waals surface area contributed by atoms with Gasteiger partial charge in [-0.05, 0) is 56.4 Å². The van der Waals surface area contributed by atoms with Crippen LogP contribution in [0.1, 0.15) is 35.8 Å². The van der Waals surface area contributed by atoms with Gasteiger partial charge in [0, 0.05) is 23.0 Å². The summed E-state index contributed by atoms with van der Waals surface area (Å²) in [4.78, 5) is 13.6. The van der Waals surface area contributed by atoms with Crippen molar-refractivity contribution in [2.75, 3.05) is 5.32 Å². The average Bonchev–Trinajstić information content (AvgIpc) is 2.56. The summed E-state index contributed by atoms with van der Waals surface area (Å²) < 4.78 is 0. The van der Waals surface area contributed by atoms with Gasteiger partial charge in [-0.3, -0.25) is 4.98 Å². The minimum absolute atomic E-state index is 0.0432. The van der Waals surface area contributed by atoms with Crippen molar-refractivity contribution in [3.63, 3.8) is 0 Å². The zero-order valence-corrected chi connectivity index (χ0v) is 14.5. The molecule has 1 saturated carbocycles. The Morgan fingerprint density at radius 1 is 1.08 bits per heavy atom. The number of pyridine rings is 1. The molecule has 0 spiro atoms. The molecule has 1 aromatic carbocycles. The molecule has 4 rings (SSSR count). The van der Waals surface area contributed by atoms with Crippen LogP contribution >= 0.6 is 0 Å². The highest BCUT2D eigenvalue weighted by Crippen LogP contribution is 2.40. The summed E-state index contributed by atoms with van der Waals surface area (Å²) in [6.45, 7) is 3.94. The Labute approximate surface area is 147 Å². The fraction of sp³-hybridized carbons (Fsp3) is 0.350. The topological polar surface area (TPSA) is 70.9 Å². The summed E-state index contributed by atoms with van der Waals surface area (Å²) in [5, 5.41) is 14.4. The summed E-state index contributed by atoms with van der Waals surface area (Å²) in [6, 6.07) is 12.3. The van der Waals surface area contributed by atoms with Crippen molar-refractivity contribution in [3.05, 3.63) is 59.5 Å². The Balaban J connectivity index is 1.69. The van der Waals surface area contributed by atoms with Gasteiger partial charge in [0.15, 0.2) is 0 Å². The molecule has 0 bridgehead atoms. The maximum absolute atomic E-state index is 9.77. The number of aliphatic hydroxyl groups excluding tert-OH is 1. The lowest BCUT2D eigenvalue weighted by Gasteiger charge is -2.38. The third-order valence-electron chi connectivity index (χ3n) is 4.86. The van der Waals surface area contributed by atoms with Crippen LogP contribution in [0.15, 0.2) is 42.6 Å². The number of anilines is 1. The van der Waals surface area contributed by atoms with E-state index in [1.165, 1.54) is 0 Å². The number of para-hydroxylation sites is 1. The summed E-state index contributed by atoms with van der Waals surface area (Å²) >= 11 is 0. The molecule has 2 N–H and O–H groups in total. The number of hydrogen-bond donors (Lipinski definition) is 2. The summed E-state index contributed by atoms with van der Waals surface area (Å²) in [7, 11) is 0. The zero-order chi connectivity index (χ0) is 17.4. The third kappa shape index (κ3) is 3.33. The lowest BCUT2D eigenvalue weighted by Crippen LogP contribution is -2.36. The molecular formula is C20H22N4O. The number of aryl methyl sites for hydroxylation is 2. The number of nitrogens with one attached hydrogen (secondary N) is 1. The highest BCUT2D eigenvalue weighted by Gasteiger charge is 2.35. The summed E-state index contributed by atoms with van der Waals surface area (Å²) in [5.41, 5.74) is 3.98. The van der Waals surface area contributed by atoms with Crippen molar-refractivity contribution in [1.82, 2.24) is 15.0 Å². The predicted molar refractivity (Wildman–Crippen MR) is 98.3 cm³/mol. The number of fused-ring (bicyclic) bond motifs is 1. The predicted octanol–water partition coefficient (Wildman–Crippen LogP) is 3.57. The Morgan fingerprint density at radius 3 is 2.52 bits per heavy atom. The van der Waals surface area contributed by atoms with Gasteiger partial charge in [-0.2, -0.15) is 0 Å². The van der Waals surface area contributed by atoms with Gasteiger partial charge in [-0.15, -0.1) is 0 Å². The molecule has 1 aliphatic carbocycles. The molecule has 128 valence electrons. The SMILES string of the molecule is Cc1cc(C)nc(N[C@@H](c2cnc3ccccc3c2)C2CC(O)C2)n1. The zero-order valence-electron chi connectivity index (χ0n) is 14.5. The Morgan fingerprint density at radius 2 is 1.80 bits per heavy atom. The monoisotopic (exact) mass is 334 g/mol. The minimum Gasteiger partial charge on any atom is -0.393 e. The lowest BCUT2D eigenvalue weighted by molar-refractivity contribution is 0.0338. The Bertz CT molecular complexity index is 885. The van der Waals surface area contributed by atoms with Crippen LogP contribution in [0.25, 0.3) is 10.9 Å². The van der Waals surface area contributed by atoms with Crippen molar-refractivity contribution < 1.29 is 5.11 Å². The van der Waals surface area contributed by atoms with Gasteiger partial charge >= 0.3 is 0 Å². The highest BCUT2D eigenvalue weighted by molar-refractivity contribution is 5.78. The molecule has 0 saturated heterocycles. The second-order valence-electron chi connectivity index (χ2n) is 6.94. The van der Waals surface area contributed by atoms with Gasteiger partial charge in [0.25, 0.3) is 0 Å². The third-order valence-corrected chi connectivity index (χ3v) is 4.86. The molecule has 2 heterocycles. The molecular weight excluding hydrogens is 312 g/mol. The Kier molecular flexibility index (Phi) is 4.09. The lowest BCUT2D eigenvalue weighted by atomic mass is 9.75. The van der Waals surface area contributed by atoms with E-state index in [1.807, 2.05) is 44.3 Å². The van der Waals surface area contributed by atoms with Crippen LogP contribution in [-0.4, -0.2) is 26.2 Å². The van der Waals surface area contributed by atoms with Crippen molar-refractivity contribution >= 4 is 16.9 Å². The first-order valence-corrected chi connectivity index (χ1v) is 8.70. The van der Waals surface area contributed by atoms with Gasteiger partial charge in [0.1, 0.15) is 0 Å². The molecule has 25 heavy (non-hydrogen) atoms. The molecule has 3 aromatic rings. The molecule has 5 nitrogen and oxygen atoms in total. The quantitative estimate of drug-likeness (QED) is 0.763. The average molecular weight is 334 g/mol. The maximum Gasteiger partial charge on any atom is 0.223 e. The van der Waals surface area contributed by atoms with Crippen molar-refractivity contribution in [1.29, 1.82) is 0 Å². The number of nitrogens with zero attached hydrogens (tertiary/aromatic N) is 3. The number of rotatable bonds is 4. The first-order valence-electron chi connectivity index (χ1n) is 8.70. The molecule has 5 heteroatoms. The molecule has 0 unspecified atom stereocenters. The van der Waals surface area contributed by atoms with E-state index in [1.54, 1.807) is 0 Å². The van der Waals surface area contributed by atoms with Crippen LogP contribution in [0.2, 0.25) is 0 Å². The second kappa shape index (κ2) is 6.41. The molecule has 1 aliphatic rings. The van der Waals surface area contributed by atoms with Gasteiger partial charge in [-0.1, -0.05) is 18.2 Å². The molecule has 2 aromatic heterocycles. The fourth-order valence-corrected chi connectivity index (χ4v) is 3.56. The Hall–Kier alpha value is -2.53. The molecule has 0 amide bonds. The van der Waals surface area contributed by atoms with Crippen LogP contribution in [0.3, 0.4) is 0 Å². The van der Waals surface area contributed by atoms with Crippen molar-refractivity contribution in [3.8, 4) is 0 Å². The summed E-state index contributed by atoms with van der Waals surface area (Å²) in [5.74, 6) is 0.986. The molecule has 1 atom stereocenters. The number of hydrogen-bond acceptors (Lipinski definition) is 5. The van der Waals surface area contributed by atoms with Crippen LogP contribution in [0.5, 0.6) is 0 Å². The van der Waals surface area contributed by atoms with Crippen LogP contribution in [-0.2, 0) is 0 Å². The van der Waals surface area contributed by atoms with E-state index >= 15 is 0 Å². The van der Waals surface area contributed by atoms with Gasteiger partial charge in [0.2, 0.25) is 5.95 Å². The van der Waals surface area contributed by atoms with E-state index < -0.39 is 0 Å². The van der Waals surface area contributed by atoms with E-state index in [0.29, 0.717) is 11.9 Å². The van der Waals surface area contributed by atoms with Gasteiger partial charge < -0.3 is 10.4 Å². The maximum atomic E-state index is 9.77. The van der Waals surface area contributed by atoms with Crippen LogP contribution in [0.4, 0.5) is 5.95 Å². The first-order chi connectivity index (χ1) is 12.1. The minimum atomic E-state index is -0.206. The van der Waals surface area contributed by atoms with E-state index in [-0.39, 0.29) is 12.1 Å². The standard InChI is InChI=1S/C20H22N4O/c1-12-7-13(2)23-20(22-12)24-19(15-9-17(25)10-15)16-8-14-5-3-4-6-18(14)21-11-16/h3-8,11,15,17,19,25H,9-10H2,1-2H3,(H,22,23,24)/t15?,17?,19-/m1/s1. The largest absolute Gasteiger partial charge is 0.393 e. The molecule has 0 aliphatic heterocycles. The number of aromatic nitrogens is 3. The summed E-state index contributed by atoms with van der Waals surface area (Å²) in [6.07, 6.45) is 3.29. The van der Waals surface area contributed by atoms with E-state index in [4.69, 9.17) is 0 Å².